The van der Waals surface area contributed by atoms with Crippen molar-refractivity contribution < 1.29 is 33.7 Å². The molecule has 3 N–H and O–H groups in total. The van der Waals surface area contributed by atoms with Crippen molar-refractivity contribution >= 4 is 29.6 Å². The Balaban J connectivity index is 0.00000101. The van der Waals surface area contributed by atoms with Crippen molar-refractivity contribution in [2.24, 2.45) is 0 Å². The molecule has 0 saturated carbocycles. The molecule has 2 amide bonds. The first-order valence-corrected chi connectivity index (χ1v) is 9.70. The van der Waals surface area contributed by atoms with E-state index in [0.717, 1.165) is 10.7 Å². The van der Waals surface area contributed by atoms with Crippen LogP contribution >= 0.6 is 11.3 Å². The first-order valence-electron chi connectivity index (χ1n) is 8.83. The molecule has 1 saturated heterocycles. The minimum absolute atomic E-state index is 0.168. The van der Waals surface area contributed by atoms with E-state index in [9.17, 15) is 9.59 Å². The molecule has 30 heavy (non-hydrogen) atoms. The van der Waals surface area contributed by atoms with E-state index in [4.69, 9.17) is 24.1 Å². The second-order valence-corrected chi connectivity index (χ2v) is 7.04. The number of thiazole rings is 1. The van der Waals surface area contributed by atoms with E-state index < -0.39 is 12.1 Å². The molecular weight excluding hydrogens is 414 g/mol. The lowest BCUT2D eigenvalue weighted by Crippen LogP contribution is -2.52. The third kappa shape index (κ3) is 5.91. The van der Waals surface area contributed by atoms with Crippen molar-refractivity contribution in [1.82, 2.24) is 15.6 Å². The minimum Gasteiger partial charge on any atom is -0.493 e. The molecule has 0 aliphatic carbocycles. The minimum atomic E-state index is -0.859. The molecule has 1 aromatic heterocycles. The number of hydrogen-bond donors (Lipinski definition) is 3. The Hall–Kier alpha value is -3.18. The molecule has 3 rings (SSSR count). The summed E-state index contributed by atoms with van der Waals surface area (Å²) < 4.78 is 16.1. The number of ether oxygens (including phenoxy) is 3. The zero-order valence-corrected chi connectivity index (χ0v) is 17.5. The molecule has 0 spiro atoms. The van der Waals surface area contributed by atoms with Gasteiger partial charge in [-0.3, -0.25) is 14.4 Å². The van der Waals surface area contributed by atoms with Crippen LogP contribution in [0.25, 0.3) is 0 Å². The fraction of sp³-hybridized carbons (Fsp3) is 0.368. The van der Waals surface area contributed by atoms with Crippen LogP contribution in [0.3, 0.4) is 0 Å². The highest BCUT2D eigenvalue weighted by molar-refractivity contribution is 7.09. The SMILES string of the molecule is COc1ccc([C@H]2NC(=O)CO[C@@H]2C(=O)NCc2nc(C)cs2)cc1OC.O=CO. The molecule has 0 radical (unpaired) electrons. The van der Waals surface area contributed by atoms with Crippen LogP contribution in [0.1, 0.15) is 22.3 Å². The van der Waals surface area contributed by atoms with Gasteiger partial charge in [-0.2, -0.15) is 0 Å². The zero-order chi connectivity index (χ0) is 22.1. The van der Waals surface area contributed by atoms with Gasteiger partial charge in [-0.15, -0.1) is 11.3 Å². The smallest absolute Gasteiger partial charge is 0.290 e. The summed E-state index contributed by atoms with van der Waals surface area (Å²) in [6, 6.07) is 4.58. The second kappa shape index (κ2) is 11.1. The number of amides is 2. The Morgan fingerprint density at radius 1 is 1.40 bits per heavy atom. The Kier molecular flexibility index (Phi) is 8.56. The normalized spacial score (nSPS) is 17.8. The van der Waals surface area contributed by atoms with Gasteiger partial charge in [-0.25, -0.2) is 4.98 Å². The van der Waals surface area contributed by atoms with Gasteiger partial charge >= 0.3 is 0 Å². The Labute approximate surface area is 177 Å². The first-order chi connectivity index (χ1) is 14.4. The Bertz CT molecular complexity index is 887. The average molecular weight is 437 g/mol. The first kappa shape index (κ1) is 23.1. The summed E-state index contributed by atoms with van der Waals surface area (Å²) in [7, 11) is 3.07. The van der Waals surface area contributed by atoms with Crippen LogP contribution in [-0.4, -0.2) is 55.3 Å². The number of aryl methyl sites for hydroxylation is 1. The van der Waals surface area contributed by atoms with Crippen LogP contribution in [0.4, 0.5) is 0 Å². The molecule has 1 fully saturated rings. The van der Waals surface area contributed by atoms with E-state index in [-0.39, 0.29) is 24.9 Å². The summed E-state index contributed by atoms with van der Waals surface area (Å²) in [6.07, 6.45) is -0.859. The predicted octanol–water partition coefficient (Wildman–Crippen LogP) is 1.04. The van der Waals surface area contributed by atoms with Crippen LogP contribution < -0.4 is 20.1 Å². The van der Waals surface area contributed by atoms with Gasteiger partial charge in [0.15, 0.2) is 17.6 Å². The number of rotatable bonds is 6. The molecule has 2 atom stereocenters. The number of benzene rings is 1. The quantitative estimate of drug-likeness (QED) is 0.571. The topological polar surface area (TPSA) is 136 Å². The number of carbonyl (C=O) groups excluding carboxylic acids is 2. The highest BCUT2D eigenvalue weighted by Crippen LogP contribution is 2.32. The maximum atomic E-state index is 12.7. The molecule has 1 aromatic carbocycles. The lowest BCUT2D eigenvalue weighted by molar-refractivity contribution is -0.148. The summed E-state index contributed by atoms with van der Waals surface area (Å²) in [5.74, 6) is 0.466. The molecular formula is C19H23N3O7S. The molecule has 2 heterocycles. The molecule has 11 heteroatoms. The number of nitrogens with zero attached hydrogens (tertiary/aromatic N) is 1. The third-order valence-corrected chi connectivity index (χ3v) is 5.09. The number of carbonyl (C=O) groups is 3. The maximum absolute atomic E-state index is 12.7. The highest BCUT2D eigenvalue weighted by atomic mass is 32.1. The van der Waals surface area contributed by atoms with Crippen LogP contribution in [0.5, 0.6) is 11.5 Å². The summed E-state index contributed by atoms with van der Waals surface area (Å²) in [4.78, 5) is 37.2. The van der Waals surface area contributed by atoms with E-state index in [1.54, 1.807) is 25.3 Å². The van der Waals surface area contributed by atoms with E-state index in [1.807, 2.05) is 12.3 Å². The number of nitrogens with one attached hydrogen (secondary N) is 2. The Morgan fingerprint density at radius 3 is 2.70 bits per heavy atom. The van der Waals surface area contributed by atoms with E-state index in [1.165, 1.54) is 18.4 Å². The lowest BCUT2D eigenvalue weighted by Gasteiger charge is -2.32. The molecule has 0 bridgehead atoms. The monoisotopic (exact) mass is 437 g/mol. The van der Waals surface area contributed by atoms with Crippen LogP contribution in [0.2, 0.25) is 0 Å². The maximum Gasteiger partial charge on any atom is 0.290 e. The number of hydrogen-bond acceptors (Lipinski definition) is 8. The van der Waals surface area contributed by atoms with Crippen molar-refractivity contribution in [2.45, 2.75) is 25.6 Å². The zero-order valence-electron chi connectivity index (χ0n) is 16.7. The van der Waals surface area contributed by atoms with Crippen LogP contribution in [0.15, 0.2) is 23.6 Å². The average Bonchev–Trinajstić information content (AvgIpc) is 3.17. The van der Waals surface area contributed by atoms with Gasteiger partial charge in [0.05, 0.1) is 26.8 Å². The Morgan fingerprint density at radius 2 is 2.10 bits per heavy atom. The van der Waals surface area contributed by atoms with Crippen molar-refractivity contribution in [1.29, 1.82) is 0 Å². The molecule has 162 valence electrons. The summed E-state index contributed by atoms with van der Waals surface area (Å²) >= 11 is 1.48. The van der Waals surface area contributed by atoms with Gasteiger partial charge in [0.2, 0.25) is 5.91 Å². The van der Waals surface area contributed by atoms with Gasteiger partial charge in [-0.1, -0.05) is 6.07 Å². The molecule has 0 unspecified atom stereocenters. The van der Waals surface area contributed by atoms with Gasteiger partial charge < -0.3 is 30.0 Å². The van der Waals surface area contributed by atoms with Crippen LogP contribution in [-0.2, 0) is 25.7 Å². The molecule has 10 nitrogen and oxygen atoms in total. The van der Waals surface area contributed by atoms with Crippen molar-refractivity contribution in [2.75, 3.05) is 20.8 Å². The van der Waals surface area contributed by atoms with E-state index in [0.29, 0.717) is 23.6 Å². The summed E-state index contributed by atoms with van der Waals surface area (Å²) in [5.41, 5.74) is 1.60. The van der Waals surface area contributed by atoms with Gasteiger partial charge in [0, 0.05) is 11.1 Å². The van der Waals surface area contributed by atoms with Gasteiger partial charge in [-0.05, 0) is 24.6 Å². The number of methoxy groups -OCH3 is 2. The number of aromatic nitrogens is 1. The fourth-order valence-corrected chi connectivity index (χ4v) is 3.54. The summed E-state index contributed by atoms with van der Waals surface area (Å²) in [5, 5.41) is 15.3. The molecule has 2 aromatic rings. The van der Waals surface area contributed by atoms with Gasteiger partial charge in [0.1, 0.15) is 11.6 Å². The lowest BCUT2D eigenvalue weighted by atomic mass is 9.98. The van der Waals surface area contributed by atoms with E-state index in [2.05, 4.69) is 15.6 Å². The molecule has 1 aliphatic rings. The standard InChI is InChI=1S/C18H21N3O5S.CH2O2/c1-10-9-27-15(20-10)7-19-18(23)17-16(21-14(22)8-26-17)11-4-5-12(24-2)13(6-11)25-3;2-1-3/h4-6,9,16-17H,7-8H2,1-3H3,(H,19,23)(H,21,22);1H,(H,2,3)/t16-,17+;/m1./s1. The van der Waals surface area contributed by atoms with E-state index >= 15 is 0 Å². The largest absolute Gasteiger partial charge is 0.493 e. The van der Waals surface area contributed by atoms with Crippen molar-refractivity contribution in [3.05, 3.63) is 39.8 Å². The molecule has 1 aliphatic heterocycles. The third-order valence-electron chi connectivity index (χ3n) is 4.12. The van der Waals surface area contributed by atoms with Crippen molar-refractivity contribution in [3.63, 3.8) is 0 Å². The fourth-order valence-electron chi connectivity index (χ4n) is 2.83. The predicted molar refractivity (Wildman–Crippen MR) is 108 cm³/mol. The number of carboxylic acid groups (broad SMARTS) is 1. The number of morpholine rings is 1. The second-order valence-electron chi connectivity index (χ2n) is 6.10. The summed E-state index contributed by atoms with van der Waals surface area (Å²) in [6.45, 7) is 1.79. The van der Waals surface area contributed by atoms with Crippen molar-refractivity contribution in [3.8, 4) is 11.5 Å². The highest BCUT2D eigenvalue weighted by Gasteiger charge is 2.36. The van der Waals surface area contributed by atoms with Crippen LogP contribution in [0, 0.1) is 6.92 Å². The van der Waals surface area contributed by atoms with Gasteiger partial charge in [0.25, 0.3) is 12.4 Å².